The van der Waals surface area contributed by atoms with Gasteiger partial charge in [0.05, 0.1) is 5.69 Å². The molecule has 0 fully saturated rings. The SMILES string of the molecule is CC(C)(N)CCC(=O)Nc1ccc(-c2cc(=O)[nH][nH]2)cc1. The molecule has 2 aromatic rings. The topological polar surface area (TPSA) is 104 Å². The number of benzene rings is 1. The van der Waals surface area contributed by atoms with Gasteiger partial charge in [-0.25, -0.2) is 0 Å². The van der Waals surface area contributed by atoms with Crippen LogP contribution in [0.4, 0.5) is 5.69 Å². The fourth-order valence-electron chi connectivity index (χ4n) is 1.88. The Kier molecular flexibility index (Phi) is 4.28. The standard InChI is InChI=1S/C15H20N4O2/c1-15(2,16)8-7-13(20)17-11-5-3-10(4-6-11)12-9-14(21)19-18-12/h3-6,9H,7-8,16H2,1-2H3,(H,17,20)(H2,18,19,21). The quantitative estimate of drug-likeness (QED) is 0.674. The number of nitrogens with one attached hydrogen (secondary N) is 3. The van der Waals surface area contributed by atoms with E-state index in [2.05, 4.69) is 15.5 Å². The van der Waals surface area contributed by atoms with Crippen molar-refractivity contribution in [1.29, 1.82) is 0 Å². The highest BCUT2D eigenvalue weighted by molar-refractivity contribution is 5.91. The molecule has 0 atom stereocenters. The van der Waals surface area contributed by atoms with E-state index in [0.717, 1.165) is 11.3 Å². The second kappa shape index (κ2) is 5.97. The zero-order valence-electron chi connectivity index (χ0n) is 12.2. The van der Waals surface area contributed by atoms with Gasteiger partial charge < -0.3 is 11.1 Å². The molecule has 1 heterocycles. The number of carbonyl (C=O) groups excluding carboxylic acids is 1. The maximum atomic E-state index is 11.8. The number of aromatic nitrogens is 2. The molecule has 21 heavy (non-hydrogen) atoms. The van der Waals surface area contributed by atoms with E-state index in [4.69, 9.17) is 5.73 Å². The van der Waals surface area contributed by atoms with Gasteiger partial charge in [-0.15, -0.1) is 0 Å². The molecule has 112 valence electrons. The van der Waals surface area contributed by atoms with Crippen LogP contribution in [0.2, 0.25) is 0 Å². The van der Waals surface area contributed by atoms with Crippen molar-refractivity contribution in [2.24, 2.45) is 5.73 Å². The number of H-pyrrole nitrogens is 2. The van der Waals surface area contributed by atoms with Gasteiger partial charge in [0.25, 0.3) is 5.56 Å². The lowest BCUT2D eigenvalue weighted by atomic mass is 10.00. The maximum Gasteiger partial charge on any atom is 0.264 e. The van der Waals surface area contributed by atoms with E-state index in [0.29, 0.717) is 18.5 Å². The number of rotatable bonds is 5. The Labute approximate surface area is 122 Å². The predicted octanol–water partition coefficient (Wildman–Crippen LogP) is 1.83. The van der Waals surface area contributed by atoms with Crippen molar-refractivity contribution < 1.29 is 4.79 Å². The van der Waals surface area contributed by atoms with Gasteiger partial charge in [-0.05, 0) is 38.0 Å². The Balaban J connectivity index is 1.96. The van der Waals surface area contributed by atoms with Crippen LogP contribution in [0.5, 0.6) is 0 Å². The Morgan fingerprint density at radius 1 is 1.24 bits per heavy atom. The minimum Gasteiger partial charge on any atom is -0.326 e. The molecule has 1 aromatic heterocycles. The number of anilines is 1. The fraction of sp³-hybridized carbons (Fsp3) is 0.333. The van der Waals surface area contributed by atoms with Crippen molar-refractivity contribution in [3.05, 3.63) is 40.7 Å². The molecule has 0 aliphatic rings. The summed E-state index contributed by atoms with van der Waals surface area (Å²) in [5.74, 6) is -0.0590. The van der Waals surface area contributed by atoms with Crippen molar-refractivity contribution in [1.82, 2.24) is 10.2 Å². The first-order valence-corrected chi connectivity index (χ1v) is 6.80. The van der Waals surface area contributed by atoms with Gasteiger partial charge in [0, 0.05) is 23.7 Å². The monoisotopic (exact) mass is 288 g/mol. The lowest BCUT2D eigenvalue weighted by Crippen LogP contribution is -2.33. The van der Waals surface area contributed by atoms with Crippen LogP contribution in [0.15, 0.2) is 35.1 Å². The average molecular weight is 288 g/mol. The summed E-state index contributed by atoms with van der Waals surface area (Å²) in [5.41, 5.74) is 7.63. The Bertz CT molecular complexity index is 662. The van der Waals surface area contributed by atoms with Gasteiger partial charge in [-0.3, -0.25) is 19.8 Å². The summed E-state index contributed by atoms with van der Waals surface area (Å²) >= 11 is 0. The molecule has 5 N–H and O–H groups in total. The first-order chi connectivity index (χ1) is 9.83. The minimum atomic E-state index is -0.346. The first-order valence-electron chi connectivity index (χ1n) is 6.80. The largest absolute Gasteiger partial charge is 0.326 e. The lowest BCUT2D eigenvalue weighted by Gasteiger charge is -2.17. The van der Waals surface area contributed by atoms with Gasteiger partial charge in [-0.2, -0.15) is 0 Å². The summed E-state index contributed by atoms with van der Waals surface area (Å²) in [4.78, 5) is 22.9. The third kappa shape index (κ3) is 4.61. The number of hydrogen-bond acceptors (Lipinski definition) is 3. The van der Waals surface area contributed by atoms with Crippen LogP contribution in [0.25, 0.3) is 11.3 Å². The van der Waals surface area contributed by atoms with Gasteiger partial charge in [0.1, 0.15) is 0 Å². The lowest BCUT2D eigenvalue weighted by molar-refractivity contribution is -0.116. The molecule has 0 radical (unpaired) electrons. The van der Waals surface area contributed by atoms with Gasteiger partial charge in [-0.1, -0.05) is 12.1 Å². The highest BCUT2D eigenvalue weighted by Gasteiger charge is 2.13. The molecule has 0 saturated heterocycles. The number of carbonyl (C=O) groups is 1. The summed E-state index contributed by atoms with van der Waals surface area (Å²) in [6.45, 7) is 3.79. The summed E-state index contributed by atoms with van der Waals surface area (Å²) in [6, 6.07) is 8.75. The zero-order chi connectivity index (χ0) is 15.5. The summed E-state index contributed by atoms with van der Waals surface area (Å²) in [5, 5.41) is 8.09. The highest BCUT2D eigenvalue weighted by Crippen LogP contribution is 2.18. The molecule has 0 bridgehead atoms. The predicted molar refractivity (Wildman–Crippen MR) is 83.0 cm³/mol. The molecule has 0 unspecified atom stereocenters. The molecule has 1 amide bonds. The fourth-order valence-corrected chi connectivity index (χ4v) is 1.88. The van der Waals surface area contributed by atoms with E-state index >= 15 is 0 Å². The molecular weight excluding hydrogens is 268 g/mol. The molecule has 0 spiro atoms. The summed E-state index contributed by atoms with van der Waals surface area (Å²) in [6.07, 6.45) is 1.01. The number of nitrogens with two attached hydrogens (primary N) is 1. The van der Waals surface area contributed by atoms with Crippen LogP contribution in [0.3, 0.4) is 0 Å². The van der Waals surface area contributed by atoms with Gasteiger partial charge in [0.15, 0.2) is 0 Å². The molecular formula is C15H20N4O2. The van der Waals surface area contributed by atoms with E-state index in [1.165, 1.54) is 6.07 Å². The molecule has 1 aromatic carbocycles. The number of amides is 1. The Hall–Kier alpha value is -2.34. The normalized spacial score (nSPS) is 11.4. The number of hydrogen-bond donors (Lipinski definition) is 4. The van der Waals surface area contributed by atoms with E-state index in [1.54, 1.807) is 12.1 Å². The second-order valence-electron chi connectivity index (χ2n) is 5.79. The van der Waals surface area contributed by atoms with Gasteiger partial charge >= 0.3 is 0 Å². The molecule has 2 rings (SSSR count). The Morgan fingerprint density at radius 2 is 1.90 bits per heavy atom. The van der Waals surface area contributed by atoms with Crippen LogP contribution in [-0.2, 0) is 4.79 Å². The van der Waals surface area contributed by atoms with Crippen LogP contribution >= 0.6 is 0 Å². The van der Waals surface area contributed by atoms with Crippen molar-refractivity contribution >= 4 is 11.6 Å². The molecule has 0 saturated carbocycles. The molecule has 6 nitrogen and oxygen atoms in total. The minimum absolute atomic E-state index is 0.0590. The maximum absolute atomic E-state index is 11.8. The smallest absolute Gasteiger partial charge is 0.264 e. The van der Waals surface area contributed by atoms with Crippen LogP contribution in [0, 0.1) is 0 Å². The molecule has 0 aliphatic carbocycles. The van der Waals surface area contributed by atoms with Crippen molar-refractivity contribution in [2.75, 3.05) is 5.32 Å². The number of aromatic amines is 2. The third-order valence-corrected chi connectivity index (χ3v) is 3.07. The van der Waals surface area contributed by atoms with Crippen LogP contribution in [0.1, 0.15) is 26.7 Å². The highest BCUT2D eigenvalue weighted by atomic mass is 16.1. The second-order valence-corrected chi connectivity index (χ2v) is 5.79. The van der Waals surface area contributed by atoms with E-state index in [-0.39, 0.29) is 17.0 Å². The first kappa shape index (κ1) is 15.1. The average Bonchev–Trinajstić information content (AvgIpc) is 2.83. The third-order valence-electron chi connectivity index (χ3n) is 3.07. The zero-order valence-corrected chi connectivity index (χ0v) is 12.2. The summed E-state index contributed by atoms with van der Waals surface area (Å²) < 4.78 is 0. The molecule has 0 aliphatic heterocycles. The Morgan fingerprint density at radius 3 is 2.43 bits per heavy atom. The summed E-state index contributed by atoms with van der Waals surface area (Å²) in [7, 11) is 0. The van der Waals surface area contributed by atoms with Crippen molar-refractivity contribution in [3.63, 3.8) is 0 Å². The van der Waals surface area contributed by atoms with Gasteiger partial charge in [0.2, 0.25) is 5.91 Å². The van der Waals surface area contributed by atoms with E-state index in [1.807, 2.05) is 26.0 Å². The van der Waals surface area contributed by atoms with Crippen molar-refractivity contribution in [3.8, 4) is 11.3 Å². The van der Waals surface area contributed by atoms with E-state index < -0.39 is 0 Å². The van der Waals surface area contributed by atoms with Crippen LogP contribution in [-0.4, -0.2) is 21.6 Å². The van der Waals surface area contributed by atoms with Crippen molar-refractivity contribution in [2.45, 2.75) is 32.2 Å². The van der Waals surface area contributed by atoms with Crippen LogP contribution < -0.4 is 16.6 Å². The van der Waals surface area contributed by atoms with E-state index in [9.17, 15) is 9.59 Å². The molecule has 6 heteroatoms.